The van der Waals surface area contributed by atoms with Gasteiger partial charge in [-0.25, -0.2) is 4.39 Å². The lowest BCUT2D eigenvalue weighted by Gasteiger charge is -2.01. The van der Waals surface area contributed by atoms with Gasteiger partial charge in [-0.15, -0.1) is 0 Å². The number of halogens is 2. The maximum absolute atomic E-state index is 12.7. The molecule has 0 fully saturated rings. The summed E-state index contributed by atoms with van der Waals surface area (Å²) < 4.78 is 12.7. The van der Waals surface area contributed by atoms with Gasteiger partial charge in [0.1, 0.15) is 11.5 Å². The minimum absolute atomic E-state index is 0.140. The van der Waals surface area contributed by atoms with E-state index in [9.17, 15) is 9.18 Å². The standard InChI is InChI=1S/C13H9ClFNO/c14-10-5-6-16-12(8-10)13(17)7-9-1-3-11(15)4-2-9/h1-6,8H,7H2. The second-order valence-electron chi connectivity index (χ2n) is 3.59. The van der Waals surface area contributed by atoms with Crippen LogP contribution < -0.4 is 0 Å². The van der Waals surface area contributed by atoms with Crippen molar-refractivity contribution in [1.29, 1.82) is 0 Å². The van der Waals surface area contributed by atoms with Crippen molar-refractivity contribution in [3.8, 4) is 0 Å². The van der Waals surface area contributed by atoms with E-state index in [1.165, 1.54) is 24.4 Å². The van der Waals surface area contributed by atoms with Gasteiger partial charge in [0, 0.05) is 17.6 Å². The van der Waals surface area contributed by atoms with E-state index in [0.717, 1.165) is 5.56 Å². The van der Waals surface area contributed by atoms with E-state index >= 15 is 0 Å². The van der Waals surface area contributed by atoms with Gasteiger partial charge in [0.2, 0.25) is 0 Å². The minimum Gasteiger partial charge on any atom is -0.292 e. The summed E-state index contributed by atoms with van der Waals surface area (Å²) in [7, 11) is 0. The highest BCUT2D eigenvalue weighted by atomic mass is 35.5. The number of hydrogen-bond acceptors (Lipinski definition) is 2. The Labute approximate surface area is 103 Å². The molecule has 0 aliphatic carbocycles. The average Bonchev–Trinajstić information content (AvgIpc) is 2.32. The summed E-state index contributed by atoms with van der Waals surface area (Å²) in [6.07, 6.45) is 1.67. The van der Waals surface area contributed by atoms with Crippen LogP contribution in [0.4, 0.5) is 4.39 Å². The van der Waals surface area contributed by atoms with Gasteiger partial charge in [-0.1, -0.05) is 23.7 Å². The lowest BCUT2D eigenvalue weighted by Crippen LogP contribution is -2.05. The van der Waals surface area contributed by atoms with Crippen molar-refractivity contribution in [2.24, 2.45) is 0 Å². The molecule has 86 valence electrons. The number of ketones is 1. The Kier molecular flexibility index (Phi) is 3.49. The first-order valence-corrected chi connectivity index (χ1v) is 5.42. The zero-order valence-corrected chi connectivity index (χ0v) is 9.62. The Morgan fingerprint density at radius 1 is 1.24 bits per heavy atom. The first-order chi connectivity index (χ1) is 8.15. The zero-order chi connectivity index (χ0) is 12.3. The third-order valence-electron chi connectivity index (χ3n) is 2.29. The number of rotatable bonds is 3. The second-order valence-corrected chi connectivity index (χ2v) is 4.02. The molecule has 0 saturated carbocycles. The van der Waals surface area contributed by atoms with Gasteiger partial charge in [-0.05, 0) is 29.8 Å². The summed E-state index contributed by atoms with van der Waals surface area (Å²) >= 11 is 5.77. The van der Waals surface area contributed by atoms with Crippen LogP contribution in [0.3, 0.4) is 0 Å². The van der Waals surface area contributed by atoms with Crippen LogP contribution in [0, 0.1) is 5.82 Å². The van der Waals surface area contributed by atoms with E-state index in [4.69, 9.17) is 11.6 Å². The molecule has 2 rings (SSSR count). The largest absolute Gasteiger partial charge is 0.292 e. The number of carbonyl (C=O) groups excluding carboxylic acids is 1. The zero-order valence-electron chi connectivity index (χ0n) is 8.86. The van der Waals surface area contributed by atoms with Crippen molar-refractivity contribution in [3.05, 3.63) is 64.7 Å². The molecular weight excluding hydrogens is 241 g/mol. The second kappa shape index (κ2) is 5.06. The fourth-order valence-corrected chi connectivity index (χ4v) is 1.60. The molecular formula is C13H9ClFNO. The van der Waals surface area contributed by atoms with Crippen molar-refractivity contribution in [2.45, 2.75) is 6.42 Å². The highest BCUT2D eigenvalue weighted by Gasteiger charge is 2.08. The Morgan fingerprint density at radius 2 is 1.94 bits per heavy atom. The van der Waals surface area contributed by atoms with Gasteiger partial charge >= 0.3 is 0 Å². The Hall–Kier alpha value is -1.74. The molecule has 17 heavy (non-hydrogen) atoms. The van der Waals surface area contributed by atoms with Crippen molar-refractivity contribution >= 4 is 17.4 Å². The molecule has 4 heteroatoms. The van der Waals surface area contributed by atoms with Gasteiger partial charge < -0.3 is 0 Å². The fourth-order valence-electron chi connectivity index (χ4n) is 1.44. The highest BCUT2D eigenvalue weighted by Crippen LogP contribution is 2.11. The van der Waals surface area contributed by atoms with Crippen molar-refractivity contribution < 1.29 is 9.18 Å². The number of pyridine rings is 1. The number of aromatic nitrogens is 1. The third kappa shape index (κ3) is 3.11. The average molecular weight is 250 g/mol. The SMILES string of the molecule is O=C(Cc1ccc(F)cc1)c1cc(Cl)ccn1. The van der Waals surface area contributed by atoms with Crippen molar-refractivity contribution in [3.63, 3.8) is 0 Å². The normalized spacial score (nSPS) is 10.2. The number of hydrogen-bond donors (Lipinski definition) is 0. The maximum Gasteiger partial charge on any atom is 0.185 e. The smallest absolute Gasteiger partial charge is 0.185 e. The number of benzene rings is 1. The summed E-state index contributed by atoms with van der Waals surface area (Å²) in [5.74, 6) is -0.457. The summed E-state index contributed by atoms with van der Waals surface area (Å²) in [5, 5.41) is 0.474. The fraction of sp³-hybridized carbons (Fsp3) is 0.0769. The topological polar surface area (TPSA) is 30.0 Å². The number of carbonyl (C=O) groups is 1. The van der Waals surface area contributed by atoms with Crippen LogP contribution in [-0.2, 0) is 6.42 Å². The lowest BCUT2D eigenvalue weighted by molar-refractivity contribution is 0.0988. The monoisotopic (exact) mass is 249 g/mol. The molecule has 0 aliphatic heterocycles. The van der Waals surface area contributed by atoms with Gasteiger partial charge in [-0.2, -0.15) is 0 Å². The van der Waals surface area contributed by atoms with Gasteiger partial charge in [0.25, 0.3) is 0 Å². The Bertz CT molecular complexity index is 539. The van der Waals surface area contributed by atoms with E-state index in [2.05, 4.69) is 4.98 Å². The molecule has 0 saturated heterocycles. The van der Waals surface area contributed by atoms with Gasteiger partial charge in [-0.3, -0.25) is 9.78 Å². The molecule has 1 aromatic heterocycles. The van der Waals surface area contributed by atoms with Gasteiger partial charge in [0.15, 0.2) is 5.78 Å². The molecule has 0 radical (unpaired) electrons. The molecule has 0 spiro atoms. The van der Waals surface area contributed by atoms with Crippen molar-refractivity contribution in [2.75, 3.05) is 0 Å². The van der Waals surface area contributed by atoms with Crippen LogP contribution in [-0.4, -0.2) is 10.8 Å². The molecule has 0 aliphatic rings. The first kappa shape index (κ1) is 11.7. The summed E-state index contributed by atoms with van der Waals surface area (Å²) in [5.41, 5.74) is 1.07. The van der Waals surface area contributed by atoms with Crippen LogP contribution in [0.5, 0.6) is 0 Å². The van der Waals surface area contributed by atoms with E-state index in [1.807, 2.05) is 0 Å². The van der Waals surface area contributed by atoms with Crippen LogP contribution in [0.25, 0.3) is 0 Å². The molecule has 0 amide bonds. The molecule has 2 nitrogen and oxygen atoms in total. The number of Topliss-reactive ketones (excluding diaryl/α,β-unsaturated/α-hetero) is 1. The third-order valence-corrected chi connectivity index (χ3v) is 2.52. The predicted molar refractivity (Wildman–Crippen MR) is 63.7 cm³/mol. The first-order valence-electron chi connectivity index (χ1n) is 5.04. The molecule has 0 N–H and O–H groups in total. The summed E-state index contributed by atoms with van der Waals surface area (Å²) in [6.45, 7) is 0. The maximum atomic E-state index is 12.7. The van der Waals surface area contributed by atoms with E-state index in [-0.39, 0.29) is 18.0 Å². The Morgan fingerprint density at radius 3 is 2.59 bits per heavy atom. The molecule has 0 atom stereocenters. The molecule has 1 heterocycles. The highest BCUT2D eigenvalue weighted by molar-refractivity contribution is 6.30. The summed E-state index contributed by atoms with van der Waals surface area (Å²) in [6, 6.07) is 8.95. The van der Waals surface area contributed by atoms with E-state index in [1.54, 1.807) is 18.2 Å². The quantitative estimate of drug-likeness (QED) is 0.782. The van der Waals surface area contributed by atoms with Gasteiger partial charge in [0.05, 0.1) is 0 Å². The van der Waals surface area contributed by atoms with Crippen LogP contribution in [0.15, 0.2) is 42.6 Å². The lowest BCUT2D eigenvalue weighted by atomic mass is 10.1. The van der Waals surface area contributed by atoms with Crippen LogP contribution in [0.1, 0.15) is 16.1 Å². The number of nitrogens with zero attached hydrogens (tertiary/aromatic N) is 1. The molecule has 0 unspecified atom stereocenters. The molecule has 2 aromatic rings. The van der Waals surface area contributed by atoms with Crippen molar-refractivity contribution in [1.82, 2.24) is 4.98 Å². The molecule has 0 bridgehead atoms. The Balaban J connectivity index is 2.14. The summed E-state index contributed by atoms with van der Waals surface area (Å²) in [4.78, 5) is 15.8. The minimum atomic E-state index is -0.318. The van der Waals surface area contributed by atoms with E-state index < -0.39 is 0 Å². The van der Waals surface area contributed by atoms with Crippen LogP contribution >= 0.6 is 11.6 Å². The van der Waals surface area contributed by atoms with E-state index in [0.29, 0.717) is 10.7 Å². The van der Waals surface area contributed by atoms with Crippen LogP contribution in [0.2, 0.25) is 5.02 Å². The predicted octanol–water partition coefficient (Wildman–Crippen LogP) is 3.30. The molecule has 1 aromatic carbocycles.